The average molecular weight is 517 g/mol. The molecular weight excluding hydrogens is 492 g/mol. The van der Waals surface area contributed by atoms with Crippen LogP contribution in [-0.4, -0.2) is 19.5 Å². The lowest BCUT2D eigenvalue weighted by atomic mass is 10.00. The van der Waals surface area contributed by atoms with Crippen molar-refractivity contribution in [3.8, 4) is 28.8 Å². The summed E-state index contributed by atoms with van der Waals surface area (Å²) in [7, 11) is 0. The molecule has 0 radical (unpaired) electrons. The van der Waals surface area contributed by atoms with Gasteiger partial charge in [0, 0.05) is 33.4 Å². The maximum atomic E-state index is 6.42. The van der Waals surface area contributed by atoms with Gasteiger partial charge in [-0.15, -0.1) is 0 Å². The Morgan fingerprint density at radius 1 is 0.675 bits per heavy atom. The maximum Gasteiger partial charge on any atom is 0.238 e. The van der Waals surface area contributed by atoms with Crippen LogP contribution in [0.2, 0.25) is 0 Å². The summed E-state index contributed by atoms with van der Waals surface area (Å²) in [4.78, 5) is 15.1. The second-order valence-corrected chi connectivity index (χ2v) is 10.1. The summed E-state index contributed by atoms with van der Waals surface area (Å²) in [6.07, 6.45) is 13.6. The molecule has 5 nitrogen and oxygen atoms in total. The monoisotopic (exact) mass is 516 g/mol. The van der Waals surface area contributed by atoms with Gasteiger partial charge in [0.2, 0.25) is 5.95 Å². The first kappa shape index (κ1) is 22.7. The van der Waals surface area contributed by atoms with Gasteiger partial charge < -0.3 is 4.74 Å². The molecule has 40 heavy (non-hydrogen) atoms. The zero-order chi connectivity index (χ0) is 26.5. The summed E-state index contributed by atoms with van der Waals surface area (Å²) in [5.41, 5.74) is 5.09. The molecule has 5 heteroatoms. The van der Waals surface area contributed by atoms with E-state index in [0.29, 0.717) is 11.8 Å². The Kier molecular flexibility index (Phi) is 5.20. The van der Waals surface area contributed by atoms with Crippen LogP contribution in [0.25, 0.3) is 51.3 Å². The van der Waals surface area contributed by atoms with Gasteiger partial charge in [0.05, 0.1) is 11.0 Å². The summed E-state index contributed by atoms with van der Waals surface area (Å²) in [5.74, 6) is 3.82. The van der Waals surface area contributed by atoms with Crippen molar-refractivity contribution in [2.45, 2.75) is 12.3 Å². The van der Waals surface area contributed by atoms with Gasteiger partial charge in [-0.1, -0.05) is 103 Å². The van der Waals surface area contributed by atoms with E-state index in [1.54, 1.807) is 0 Å². The van der Waals surface area contributed by atoms with Gasteiger partial charge in [-0.2, -0.15) is 9.97 Å². The predicted molar refractivity (Wildman–Crippen MR) is 161 cm³/mol. The fourth-order valence-electron chi connectivity index (χ4n) is 5.59. The van der Waals surface area contributed by atoms with Crippen molar-refractivity contribution in [3.63, 3.8) is 0 Å². The zero-order valence-corrected chi connectivity index (χ0v) is 21.6. The van der Waals surface area contributed by atoms with E-state index in [2.05, 4.69) is 83.5 Å². The van der Waals surface area contributed by atoms with Gasteiger partial charge in [-0.05, 0) is 30.7 Å². The molecule has 1 unspecified atom stereocenters. The number of hydrogen-bond donors (Lipinski definition) is 0. The predicted octanol–water partition coefficient (Wildman–Crippen LogP) is 8.51. The molecule has 190 valence electrons. The lowest BCUT2D eigenvalue weighted by Gasteiger charge is -2.15. The normalized spacial score (nSPS) is 15.6. The third kappa shape index (κ3) is 3.75. The number of fused-ring (bicyclic) bond motifs is 5. The van der Waals surface area contributed by atoms with Gasteiger partial charge in [0.15, 0.2) is 5.82 Å². The van der Waals surface area contributed by atoms with Crippen LogP contribution in [0.5, 0.6) is 11.5 Å². The number of aromatic nitrogens is 4. The van der Waals surface area contributed by atoms with E-state index >= 15 is 0 Å². The number of allylic oxidation sites excluding steroid dienone is 4. The minimum absolute atomic E-state index is 0.0911. The highest BCUT2D eigenvalue weighted by Gasteiger charge is 2.22. The topological polar surface area (TPSA) is 52.8 Å². The molecule has 1 aliphatic carbocycles. The fraction of sp³-hybridized carbons (Fsp3) is 0.0571. The van der Waals surface area contributed by atoms with Gasteiger partial charge in [0.25, 0.3) is 0 Å². The van der Waals surface area contributed by atoms with E-state index in [-0.39, 0.29) is 5.92 Å². The number of benzene rings is 4. The first-order valence-corrected chi connectivity index (χ1v) is 13.5. The van der Waals surface area contributed by atoms with Crippen LogP contribution in [-0.2, 0) is 0 Å². The fourth-order valence-corrected chi connectivity index (χ4v) is 5.59. The minimum Gasteiger partial charge on any atom is -0.456 e. The number of hydrogen-bond acceptors (Lipinski definition) is 4. The molecule has 0 N–H and O–H groups in total. The maximum absolute atomic E-state index is 6.42. The smallest absolute Gasteiger partial charge is 0.238 e. The van der Waals surface area contributed by atoms with Crippen LogP contribution in [0, 0.1) is 0 Å². The number of nitrogens with zero attached hydrogens (tertiary/aromatic N) is 4. The van der Waals surface area contributed by atoms with Gasteiger partial charge >= 0.3 is 0 Å². The summed E-state index contributed by atoms with van der Waals surface area (Å²) in [6.45, 7) is 0. The number of rotatable bonds is 3. The van der Waals surface area contributed by atoms with Gasteiger partial charge in [-0.3, -0.25) is 4.57 Å². The molecule has 0 saturated heterocycles. The molecule has 0 spiro atoms. The second-order valence-electron chi connectivity index (χ2n) is 10.1. The first-order valence-electron chi connectivity index (χ1n) is 13.5. The van der Waals surface area contributed by atoms with E-state index in [1.165, 1.54) is 0 Å². The van der Waals surface area contributed by atoms with Crippen molar-refractivity contribution in [1.29, 1.82) is 0 Å². The van der Waals surface area contributed by atoms with Crippen LogP contribution in [0.1, 0.15) is 29.3 Å². The molecule has 2 aromatic heterocycles. The summed E-state index contributed by atoms with van der Waals surface area (Å²) in [5, 5.41) is 2.21. The van der Waals surface area contributed by atoms with Crippen molar-refractivity contribution >= 4 is 34.0 Å². The van der Waals surface area contributed by atoms with Crippen LogP contribution in [0.15, 0.2) is 115 Å². The highest BCUT2D eigenvalue weighted by Crippen LogP contribution is 2.40. The Hall–Kier alpha value is -5.29. The summed E-state index contributed by atoms with van der Waals surface area (Å²) in [6, 6.07) is 31.0. The molecule has 8 rings (SSSR count). The largest absolute Gasteiger partial charge is 0.456 e. The molecule has 0 amide bonds. The molecule has 6 aromatic rings. The lowest BCUT2D eigenvalue weighted by Crippen LogP contribution is -2.11. The third-order valence-electron chi connectivity index (χ3n) is 7.57. The van der Waals surface area contributed by atoms with Crippen molar-refractivity contribution in [3.05, 3.63) is 132 Å². The molecule has 1 aliphatic heterocycles. The van der Waals surface area contributed by atoms with Crippen molar-refractivity contribution in [2.24, 2.45) is 0 Å². The molecule has 1 atom stereocenters. The molecule has 0 fully saturated rings. The first-order chi connectivity index (χ1) is 19.8. The molecule has 0 bridgehead atoms. The summed E-state index contributed by atoms with van der Waals surface area (Å²) >= 11 is 0. The van der Waals surface area contributed by atoms with E-state index in [4.69, 9.17) is 19.7 Å². The Morgan fingerprint density at radius 3 is 2.40 bits per heavy atom. The SMILES string of the molecule is C1=CCC(c2nc(-c3ccccc3)nc(-n3c4ccccc4c4cc5c(cc43)C=Cc3ccccc3O5)n2)C=C1. The van der Waals surface area contributed by atoms with Gasteiger partial charge in [0.1, 0.15) is 17.3 Å². The van der Waals surface area contributed by atoms with Crippen molar-refractivity contribution < 1.29 is 4.74 Å². The lowest BCUT2D eigenvalue weighted by molar-refractivity contribution is 0.482. The highest BCUT2D eigenvalue weighted by molar-refractivity contribution is 6.10. The Bertz CT molecular complexity index is 2020. The molecule has 0 saturated carbocycles. The van der Waals surface area contributed by atoms with Crippen molar-refractivity contribution in [2.75, 3.05) is 0 Å². The van der Waals surface area contributed by atoms with E-state index in [0.717, 1.165) is 62.2 Å². The van der Waals surface area contributed by atoms with Crippen LogP contribution in [0.3, 0.4) is 0 Å². The molecular formula is C35H24N4O. The van der Waals surface area contributed by atoms with E-state index in [1.807, 2.05) is 48.5 Å². The van der Waals surface area contributed by atoms with Crippen LogP contribution in [0.4, 0.5) is 0 Å². The summed E-state index contributed by atoms with van der Waals surface area (Å²) < 4.78 is 8.59. The van der Waals surface area contributed by atoms with Crippen LogP contribution >= 0.6 is 0 Å². The molecule has 3 heterocycles. The standard InChI is InChI=1S/C35H24N4O/c1-3-12-24(13-4-1)33-36-34(25-14-5-2-6-15-25)38-35(37-33)39-29-17-9-8-16-27(29)28-22-32-26(21-30(28)39)20-19-23-11-7-10-18-31(23)40-32/h1-14,16-22,25H,15H2. The molecule has 4 aromatic carbocycles. The quantitative estimate of drug-likeness (QED) is 0.236. The Balaban J connectivity index is 1.39. The number of para-hydroxylation sites is 2. The van der Waals surface area contributed by atoms with Gasteiger partial charge in [-0.25, -0.2) is 4.98 Å². The van der Waals surface area contributed by atoms with Crippen LogP contribution < -0.4 is 4.74 Å². The number of ether oxygens (including phenoxy) is 1. The van der Waals surface area contributed by atoms with E-state index in [9.17, 15) is 0 Å². The molecule has 2 aliphatic rings. The highest BCUT2D eigenvalue weighted by atomic mass is 16.5. The third-order valence-corrected chi connectivity index (χ3v) is 7.57. The average Bonchev–Trinajstić information content (AvgIpc) is 3.22. The Morgan fingerprint density at radius 2 is 1.50 bits per heavy atom. The van der Waals surface area contributed by atoms with Crippen molar-refractivity contribution in [1.82, 2.24) is 19.5 Å². The zero-order valence-electron chi connectivity index (χ0n) is 21.6. The van der Waals surface area contributed by atoms with E-state index < -0.39 is 0 Å². The minimum atomic E-state index is 0.0911. The Labute approximate surface area is 231 Å². The second kappa shape index (κ2) is 9.17.